The number of hydrogen-bond acceptors (Lipinski definition) is 3. The molecular formula is C8H9N3O2. The van der Waals surface area contributed by atoms with Crippen molar-refractivity contribution >= 4 is 18.0 Å². The highest BCUT2D eigenvalue weighted by Gasteiger charge is 2.02. The minimum atomic E-state index is -0.252. The summed E-state index contributed by atoms with van der Waals surface area (Å²) >= 11 is 0. The lowest BCUT2D eigenvalue weighted by Gasteiger charge is -2.00. The summed E-state index contributed by atoms with van der Waals surface area (Å²) in [6.45, 7) is 0. The molecule has 0 aliphatic carbocycles. The zero-order valence-corrected chi connectivity index (χ0v) is 7.07. The molecule has 0 saturated heterocycles. The van der Waals surface area contributed by atoms with Crippen molar-refractivity contribution in [3.63, 3.8) is 0 Å². The molecule has 2 N–H and O–H groups in total. The fourth-order valence-corrected chi connectivity index (χ4v) is 0.810. The molecule has 1 rings (SSSR count). The number of aromatic nitrogens is 1. The molecular weight excluding hydrogens is 170 g/mol. The minimum absolute atomic E-state index is 0.252. The lowest BCUT2D eigenvalue weighted by atomic mass is 10.3. The Morgan fingerprint density at radius 3 is 2.77 bits per heavy atom. The van der Waals surface area contributed by atoms with Crippen LogP contribution in [0.1, 0.15) is 10.5 Å². The van der Waals surface area contributed by atoms with Crippen molar-refractivity contribution in [1.29, 1.82) is 0 Å². The van der Waals surface area contributed by atoms with Gasteiger partial charge in [0, 0.05) is 7.05 Å². The summed E-state index contributed by atoms with van der Waals surface area (Å²) in [4.78, 5) is 24.9. The molecule has 0 atom stereocenters. The predicted molar refractivity (Wildman–Crippen MR) is 47.3 cm³/mol. The van der Waals surface area contributed by atoms with Gasteiger partial charge in [-0.25, -0.2) is 4.98 Å². The topological polar surface area (TPSA) is 71.1 Å². The van der Waals surface area contributed by atoms with Crippen LogP contribution >= 0.6 is 0 Å². The molecule has 0 saturated carbocycles. The van der Waals surface area contributed by atoms with Gasteiger partial charge >= 0.3 is 0 Å². The maximum atomic E-state index is 11.0. The van der Waals surface area contributed by atoms with Gasteiger partial charge in [-0.05, 0) is 12.1 Å². The quantitative estimate of drug-likeness (QED) is 0.642. The minimum Gasteiger partial charge on any atom is -0.354 e. The van der Waals surface area contributed by atoms with Crippen LogP contribution < -0.4 is 10.6 Å². The molecule has 0 bridgehead atoms. The standard InChI is InChI=1S/C8H9N3O2/c1-9-8(13)7-3-2-6(4-10-7)11-5-12/h2-5H,1H3,(H,9,13)(H,11,12). The normalized spacial score (nSPS) is 9.00. The van der Waals surface area contributed by atoms with E-state index in [4.69, 9.17) is 0 Å². The molecule has 1 aromatic heterocycles. The van der Waals surface area contributed by atoms with E-state index >= 15 is 0 Å². The Labute approximate surface area is 75.2 Å². The Bertz CT molecular complexity index is 308. The highest BCUT2D eigenvalue weighted by Crippen LogP contribution is 2.04. The maximum Gasteiger partial charge on any atom is 0.269 e. The molecule has 1 heterocycles. The molecule has 2 amide bonds. The number of hydrogen-bond donors (Lipinski definition) is 2. The van der Waals surface area contributed by atoms with E-state index in [9.17, 15) is 9.59 Å². The summed E-state index contributed by atoms with van der Waals surface area (Å²) in [5.41, 5.74) is 0.876. The number of pyridine rings is 1. The van der Waals surface area contributed by atoms with Gasteiger partial charge in [0.1, 0.15) is 5.69 Å². The number of carbonyl (C=O) groups excluding carboxylic acids is 2. The second-order valence-electron chi connectivity index (χ2n) is 2.27. The fourth-order valence-electron chi connectivity index (χ4n) is 0.810. The molecule has 13 heavy (non-hydrogen) atoms. The van der Waals surface area contributed by atoms with Crippen molar-refractivity contribution in [3.05, 3.63) is 24.0 Å². The van der Waals surface area contributed by atoms with Crippen molar-refractivity contribution in [2.45, 2.75) is 0 Å². The first-order valence-corrected chi connectivity index (χ1v) is 3.66. The Kier molecular flexibility index (Phi) is 2.97. The third kappa shape index (κ3) is 2.26. The second-order valence-corrected chi connectivity index (χ2v) is 2.27. The zero-order valence-electron chi connectivity index (χ0n) is 7.07. The molecule has 0 aliphatic heterocycles. The Balaban J connectivity index is 2.80. The van der Waals surface area contributed by atoms with Gasteiger partial charge in [0.25, 0.3) is 5.91 Å². The predicted octanol–water partition coefficient (Wildman–Crippen LogP) is 0.00950. The van der Waals surface area contributed by atoms with E-state index in [1.54, 1.807) is 6.07 Å². The Morgan fingerprint density at radius 2 is 2.31 bits per heavy atom. The highest BCUT2D eigenvalue weighted by atomic mass is 16.1. The Morgan fingerprint density at radius 1 is 1.54 bits per heavy atom. The van der Waals surface area contributed by atoms with Crippen molar-refractivity contribution in [1.82, 2.24) is 10.3 Å². The lowest BCUT2D eigenvalue weighted by molar-refractivity contribution is -0.105. The van der Waals surface area contributed by atoms with Gasteiger partial charge in [-0.15, -0.1) is 0 Å². The number of rotatable bonds is 3. The van der Waals surface area contributed by atoms with Crippen LogP contribution in [0.2, 0.25) is 0 Å². The van der Waals surface area contributed by atoms with E-state index in [-0.39, 0.29) is 5.91 Å². The third-order valence-electron chi connectivity index (χ3n) is 1.45. The zero-order chi connectivity index (χ0) is 9.68. The van der Waals surface area contributed by atoms with Crippen LogP contribution in [0.25, 0.3) is 0 Å². The number of nitrogens with zero attached hydrogens (tertiary/aromatic N) is 1. The monoisotopic (exact) mass is 179 g/mol. The summed E-state index contributed by atoms with van der Waals surface area (Å²) < 4.78 is 0. The molecule has 0 unspecified atom stereocenters. The van der Waals surface area contributed by atoms with Crippen molar-refractivity contribution < 1.29 is 9.59 Å². The van der Waals surface area contributed by atoms with Gasteiger partial charge in [-0.1, -0.05) is 0 Å². The van der Waals surface area contributed by atoms with Crippen LogP contribution in [-0.4, -0.2) is 24.3 Å². The number of amides is 2. The van der Waals surface area contributed by atoms with Gasteiger partial charge in [0.05, 0.1) is 11.9 Å². The maximum absolute atomic E-state index is 11.0. The SMILES string of the molecule is CNC(=O)c1ccc(NC=O)cn1. The molecule has 5 heteroatoms. The summed E-state index contributed by atoms with van der Waals surface area (Å²) in [5.74, 6) is -0.252. The van der Waals surface area contributed by atoms with Gasteiger partial charge in [0.15, 0.2) is 0 Å². The first-order valence-electron chi connectivity index (χ1n) is 3.66. The highest BCUT2D eigenvalue weighted by molar-refractivity contribution is 5.92. The van der Waals surface area contributed by atoms with Gasteiger partial charge in [-0.2, -0.15) is 0 Å². The smallest absolute Gasteiger partial charge is 0.269 e. The van der Waals surface area contributed by atoms with Gasteiger partial charge in [0.2, 0.25) is 6.41 Å². The first-order chi connectivity index (χ1) is 6.27. The molecule has 5 nitrogen and oxygen atoms in total. The van der Waals surface area contributed by atoms with E-state index in [1.807, 2.05) is 0 Å². The van der Waals surface area contributed by atoms with Crippen molar-refractivity contribution in [3.8, 4) is 0 Å². The largest absolute Gasteiger partial charge is 0.354 e. The molecule has 0 aliphatic rings. The van der Waals surface area contributed by atoms with E-state index in [0.29, 0.717) is 17.8 Å². The van der Waals surface area contributed by atoms with Crippen LogP contribution in [0, 0.1) is 0 Å². The van der Waals surface area contributed by atoms with E-state index in [2.05, 4.69) is 15.6 Å². The summed E-state index contributed by atoms with van der Waals surface area (Å²) in [7, 11) is 1.53. The molecule has 0 aromatic carbocycles. The number of carbonyl (C=O) groups is 2. The third-order valence-corrected chi connectivity index (χ3v) is 1.45. The van der Waals surface area contributed by atoms with E-state index < -0.39 is 0 Å². The van der Waals surface area contributed by atoms with Crippen LogP contribution in [0.4, 0.5) is 5.69 Å². The number of nitrogens with one attached hydrogen (secondary N) is 2. The van der Waals surface area contributed by atoms with Gasteiger partial charge < -0.3 is 10.6 Å². The van der Waals surface area contributed by atoms with Crippen molar-refractivity contribution in [2.24, 2.45) is 0 Å². The van der Waals surface area contributed by atoms with Crippen LogP contribution in [0.15, 0.2) is 18.3 Å². The average Bonchev–Trinajstić information content (AvgIpc) is 2.18. The van der Waals surface area contributed by atoms with Crippen molar-refractivity contribution in [2.75, 3.05) is 12.4 Å². The molecule has 0 spiro atoms. The van der Waals surface area contributed by atoms with Crippen LogP contribution in [0.5, 0.6) is 0 Å². The van der Waals surface area contributed by atoms with Gasteiger partial charge in [-0.3, -0.25) is 9.59 Å². The molecule has 0 radical (unpaired) electrons. The fraction of sp³-hybridized carbons (Fsp3) is 0.125. The Hall–Kier alpha value is -1.91. The molecule has 68 valence electrons. The lowest BCUT2D eigenvalue weighted by Crippen LogP contribution is -2.19. The second kappa shape index (κ2) is 4.20. The number of anilines is 1. The molecule has 0 fully saturated rings. The van der Waals surface area contributed by atoms with Crippen LogP contribution in [0.3, 0.4) is 0 Å². The summed E-state index contributed by atoms with van der Waals surface area (Å²) in [6.07, 6.45) is 1.97. The average molecular weight is 179 g/mol. The van der Waals surface area contributed by atoms with Crippen LogP contribution in [-0.2, 0) is 4.79 Å². The van der Waals surface area contributed by atoms with E-state index in [0.717, 1.165) is 0 Å². The summed E-state index contributed by atoms with van der Waals surface area (Å²) in [5, 5.41) is 4.86. The molecule has 1 aromatic rings. The summed E-state index contributed by atoms with van der Waals surface area (Å²) in [6, 6.07) is 3.14. The first kappa shape index (κ1) is 9.18. The van der Waals surface area contributed by atoms with E-state index in [1.165, 1.54) is 19.3 Å².